The number of ether oxygens (including phenoxy) is 3. The fraction of sp³-hybridized carbons (Fsp3) is 0.434. The van der Waals surface area contributed by atoms with Crippen molar-refractivity contribution >= 4 is 43.5 Å². The lowest BCUT2D eigenvalue weighted by Crippen LogP contribution is -2.52. The molecule has 2 N–H and O–H groups in total. The molecule has 5 fully saturated rings. The van der Waals surface area contributed by atoms with E-state index in [1.54, 1.807) is 25.4 Å². The van der Waals surface area contributed by atoms with Gasteiger partial charge in [-0.2, -0.15) is 0 Å². The normalized spacial score (nSPS) is 20.9. The SMILES string of the molecule is CC(CCS(=O)(=O)NC(=O)c1cc(C2CC2)c(OCC2CN(C3CC3(c3ccccc3)c3cccnc3)C2)cc1F)Oc1ncc(CN2CC(COc3cc(F)c(C(=O)NS(C)(=O)=O)cc3C3CC3)C2)cc1Cl. The van der Waals surface area contributed by atoms with Crippen LogP contribution in [-0.4, -0.2) is 112 Å². The number of halogens is 3. The Balaban J connectivity index is 0.663. The topological polar surface area (TPSA) is 186 Å². The molecule has 3 unspecified atom stereocenters. The van der Waals surface area contributed by atoms with Gasteiger partial charge in [-0.1, -0.05) is 48.0 Å². The number of likely N-dealkylation sites (tertiary alicyclic amines) is 2. The molecule has 4 heterocycles. The predicted octanol–water partition coefficient (Wildman–Crippen LogP) is 7.35. The minimum atomic E-state index is -4.20. The lowest BCUT2D eigenvalue weighted by Gasteiger charge is -2.41. The second kappa shape index (κ2) is 20.5. The number of benzene rings is 3. The lowest BCUT2D eigenvalue weighted by atomic mass is 9.87. The number of sulfonamides is 2. The van der Waals surface area contributed by atoms with Gasteiger partial charge in [0.1, 0.15) is 28.2 Å². The van der Waals surface area contributed by atoms with Gasteiger partial charge in [0.2, 0.25) is 25.9 Å². The minimum Gasteiger partial charge on any atom is -0.493 e. The Morgan fingerprint density at radius 2 is 1.38 bits per heavy atom. The molecule has 0 radical (unpaired) electrons. The van der Waals surface area contributed by atoms with Gasteiger partial charge < -0.3 is 14.2 Å². The molecule has 3 aliphatic carbocycles. The van der Waals surface area contributed by atoms with E-state index in [1.165, 1.54) is 29.3 Å². The van der Waals surface area contributed by atoms with Crippen LogP contribution in [0.25, 0.3) is 0 Å². The van der Waals surface area contributed by atoms with Crippen LogP contribution in [0.15, 0.2) is 91.4 Å². The summed E-state index contributed by atoms with van der Waals surface area (Å²) in [6.07, 6.45) is 9.97. The molecule has 5 aliphatic rings. The number of nitrogens with one attached hydrogen (secondary N) is 2. The van der Waals surface area contributed by atoms with E-state index in [0.29, 0.717) is 61.5 Å². The van der Waals surface area contributed by atoms with Gasteiger partial charge in [0.15, 0.2) is 0 Å². The maximum atomic E-state index is 15.6. The monoisotopic (exact) mass is 1060 g/mol. The van der Waals surface area contributed by atoms with Crippen LogP contribution in [0, 0.1) is 23.5 Å². The minimum absolute atomic E-state index is 0.0182. The highest BCUT2D eigenvalue weighted by atomic mass is 35.5. The fourth-order valence-corrected chi connectivity index (χ4v) is 12.1. The van der Waals surface area contributed by atoms with Crippen LogP contribution in [0.5, 0.6) is 17.4 Å². The third kappa shape index (κ3) is 11.8. The maximum Gasteiger partial charge on any atom is 0.267 e. The number of hydrogen-bond acceptors (Lipinski definition) is 13. The molecule has 0 bridgehead atoms. The fourth-order valence-electron chi connectivity index (χ4n) is 10.2. The molecule has 3 saturated carbocycles. The third-order valence-electron chi connectivity index (χ3n) is 14.4. The standard InChI is InChI=1S/C53H57ClF2N6O9S2/c1-32(71-52-44(54)17-33(23-58-52)25-61-26-34(27-61)30-69-47-20-45(55)42(18-40(47)36-10-11-36)50(63)59-72(2,65)66)14-16-73(67,68)60-51(64)43-19-41(37-12-13-37)48(21-46(43)56)70-31-35-28-62(29-35)49-22-53(49,38-7-4-3-5-8-38)39-9-6-15-57-24-39/h3-9,15,17-21,23-24,32,34-37,49H,10-14,16,22,25-31H2,1-2H3,(H,59,63)(H,60,64). The second-order valence-corrected chi connectivity index (χ2v) is 24.4. The zero-order valence-corrected chi connectivity index (χ0v) is 42.8. The van der Waals surface area contributed by atoms with E-state index in [-0.39, 0.29) is 57.5 Å². The zero-order valence-electron chi connectivity index (χ0n) is 40.4. The Morgan fingerprint density at radius 1 is 0.795 bits per heavy atom. The highest BCUT2D eigenvalue weighted by Gasteiger charge is 2.61. The van der Waals surface area contributed by atoms with Crippen molar-refractivity contribution in [3.05, 3.63) is 147 Å². The third-order valence-corrected chi connectivity index (χ3v) is 16.5. The van der Waals surface area contributed by atoms with Gasteiger partial charge in [0.05, 0.1) is 42.5 Å². The van der Waals surface area contributed by atoms with Crippen molar-refractivity contribution in [1.82, 2.24) is 29.2 Å². The van der Waals surface area contributed by atoms with Gasteiger partial charge in [-0.15, -0.1) is 0 Å². The van der Waals surface area contributed by atoms with E-state index in [1.807, 2.05) is 27.8 Å². The quantitative estimate of drug-likeness (QED) is 0.0702. The Hall–Kier alpha value is -5.73. The van der Waals surface area contributed by atoms with Crippen LogP contribution in [0.4, 0.5) is 8.78 Å². The molecule has 73 heavy (non-hydrogen) atoms. The summed E-state index contributed by atoms with van der Waals surface area (Å²) in [5.74, 6) is -2.84. The first kappa shape index (κ1) is 50.8. The molecular weight excluding hydrogens is 1000 g/mol. The largest absolute Gasteiger partial charge is 0.493 e. The summed E-state index contributed by atoms with van der Waals surface area (Å²) < 4.78 is 102. The molecule has 2 saturated heterocycles. The highest BCUT2D eigenvalue weighted by Crippen LogP contribution is 2.57. The Kier molecular flexibility index (Phi) is 14.3. The molecule has 10 rings (SSSR count). The smallest absolute Gasteiger partial charge is 0.267 e. The average Bonchev–Trinajstić information content (AvgIpc) is 4.18. The molecule has 3 atom stereocenters. The van der Waals surface area contributed by atoms with E-state index < -0.39 is 55.4 Å². The molecular formula is C53H57ClF2N6O9S2. The lowest BCUT2D eigenvalue weighted by molar-refractivity contribution is 0.0502. The van der Waals surface area contributed by atoms with Crippen molar-refractivity contribution in [2.24, 2.45) is 11.8 Å². The van der Waals surface area contributed by atoms with Crippen LogP contribution < -0.4 is 23.7 Å². The summed E-state index contributed by atoms with van der Waals surface area (Å²) in [5.41, 5.74) is 3.86. The summed E-state index contributed by atoms with van der Waals surface area (Å²) in [4.78, 5) is 39.1. The van der Waals surface area contributed by atoms with Gasteiger partial charge in [-0.05, 0) is 109 Å². The molecule has 2 amide bonds. The van der Waals surface area contributed by atoms with Crippen molar-refractivity contribution in [1.29, 1.82) is 0 Å². The number of nitrogens with zero attached hydrogens (tertiary/aromatic N) is 4. The molecule has 5 aromatic rings. The highest BCUT2D eigenvalue weighted by molar-refractivity contribution is 7.90. The molecule has 3 aromatic carbocycles. The van der Waals surface area contributed by atoms with E-state index in [4.69, 9.17) is 25.8 Å². The van der Waals surface area contributed by atoms with Crippen LogP contribution in [-0.2, 0) is 32.0 Å². The van der Waals surface area contributed by atoms with Crippen molar-refractivity contribution in [2.75, 3.05) is 51.4 Å². The molecule has 20 heteroatoms. The van der Waals surface area contributed by atoms with Crippen molar-refractivity contribution in [3.8, 4) is 17.4 Å². The van der Waals surface area contributed by atoms with Crippen LogP contribution in [0.2, 0.25) is 5.02 Å². The molecule has 386 valence electrons. The van der Waals surface area contributed by atoms with Gasteiger partial charge in [-0.25, -0.2) is 40.0 Å². The average molecular weight is 1060 g/mol. The summed E-state index contributed by atoms with van der Waals surface area (Å²) in [7, 11) is -8.06. The molecule has 15 nitrogen and oxygen atoms in total. The number of carbonyl (C=O) groups is 2. The van der Waals surface area contributed by atoms with Crippen molar-refractivity contribution in [3.63, 3.8) is 0 Å². The van der Waals surface area contributed by atoms with E-state index >= 15 is 4.39 Å². The van der Waals surface area contributed by atoms with Gasteiger partial charge >= 0.3 is 0 Å². The van der Waals surface area contributed by atoms with Gasteiger partial charge in [-0.3, -0.25) is 24.4 Å². The van der Waals surface area contributed by atoms with Crippen LogP contribution in [0.3, 0.4) is 0 Å². The van der Waals surface area contributed by atoms with E-state index in [9.17, 15) is 30.8 Å². The number of rotatable bonds is 22. The van der Waals surface area contributed by atoms with Crippen LogP contribution >= 0.6 is 11.6 Å². The number of carbonyl (C=O) groups excluding carboxylic acids is 2. The molecule has 0 spiro atoms. The van der Waals surface area contributed by atoms with E-state index in [0.717, 1.165) is 63.1 Å². The number of aromatic nitrogens is 2. The zero-order chi connectivity index (χ0) is 51.2. The summed E-state index contributed by atoms with van der Waals surface area (Å²) in [6, 6.07) is 21.9. The second-order valence-electron chi connectivity index (χ2n) is 20.4. The summed E-state index contributed by atoms with van der Waals surface area (Å²) >= 11 is 6.55. The van der Waals surface area contributed by atoms with E-state index in [2.05, 4.69) is 50.1 Å². The van der Waals surface area contributed by atoms with Gasteiger partial charge in [0.25, 0.3) is 11.8 Å². The Bertz CT molecular complexity index is 3080. The Labute approximate surface area is 429 Å². The van der Waals surface area contributed by atoms with Crippen molar-refractivity contribution < 1.29 is 49.4 Å². The van der Waals surface area contributed by atoms with Crippen LogP contribution in [0.1, 0.15) is 106 Å². The van der Waals surface area contributed by atoms with Crippen molar-refractivity contribution in [2.45, 2.75) is 81.4 Å². The summed E-state index contributed by atoms with van der Waals surface area (Å²) in [5, 5.41) is 0.234. The molecule has 2 aromatic heterocycles. The molecule has 2 aliphatic heterocycles. The number of amides is 2. The maximum absolute atomic E-state index is 15.6. The Morgan fingerprint density at radius 3 is 1.95 bits per heavy atom. The van der Waals surface area contributed by atoms with Gasteiger partial charge in [0, 0.05) is 86.7 Å². The first-order valence-electron chi connectivity index (χ1n) is 24.6. The number of hydrogen-bond donors (Lipinski definition) is 2. The number of pyridine rings is 2. The first-order valence-corrected chi connectivity index (χ1v) is 28.6. The summed E-state index contributed by atoms with van der Waals surface area (Å²) in [6.45, 7) is 5.97. The first-order chi connectivity index (χ1) is 34.9. The predicted molar refractivity (Wildman–Crippen MR) is 269 cm³/mol.